The summed E-state index contributed by atoms with van der Waals surface area (Å²) in [7, 11) is 0. The molecule has 21 heavy (non-hydrogen) atoms. The number of H-pyrrole nitrogens is 1. The molecule has 0 fully saturated rings. The molecule has 104 valence electrons. The van der Waals surface area contributed by atoms with Gasteiger partial charge < -0.3 is 10.1 Å². The van der Waals surface area contributed by atoms with Gasteiger partial charge in [0.05, 0.1) is 0 Å². The monoisotopic (exact) mass is 389 g/mol. The van der Waals surface area contributed by atoms with Crippen LogP contribution < -0.4 is 5.43 Å². The van der Waals surface area contributed by atoms with Gasteiger partial charge in [-0.2, -0.15) is 0 Å². The highest BCUT2D eigenvalue weighted by molar-refractivity contribution is 14.1. The van der Waals surface area contributed by atoms with E-state index < -0.39 is 0 Å². The molecule has 0 unspecified atom stereocenters. The highest BCUT2D eigenvalue weighted by atomic mass is 127. The number of phenols is 1. The summed E-state index contributed by atoms with van der Waals surface area (Å²) in [6, 6.07) is 14.3. The van der Waals surface area contributed by atoms with Crippen molar-refractivity contribution < 1.29 is 5.11 Å². The SMILES string of the molecule is O=c1cc(/C=C/c2cc(I)ccc2O)[nH]c2ccccc12. The third-order valence-electron chi connectivity index (χ3n) is 3.19. The second kappa shape index (κ2) is 5.73. The molecule has 0 aliphatic carbocycles. The van der Waals surface area contributed by atoms with Crippen LogP contribution in [-0.4, -0.2) is 10.1 Å². The fourth-order valence-electron chi connectivity index (χ4n) is 2.15. The number of hydrogen-bond acceptors (Lipinski definition) is 2. The summed E-state index contributed by atoms with van der Waals surface area (Å²) in [5, 5.41) is 10.5. The standard InChI is InChI=1S/C17H12INO2/c18-12-6-8-16(20)11(9-12)5-7-13-10-17(21)14-3-1-2-4-15(14)19-13/h1-10,20H,(H,19,21)/b7-5+. The Bertz CT molecular complexity index is 897. The van der Waals surface area contributed by atoms with Crippen molar-refractivity contribution in [3.8, 4) is 5.75 Å². The van der Waals surface area contributed by atoms with E-state index in [1.54, 1.807) is 30.4 Å². The van der Waals surface area contributed by atoms with Crippen molar-refractivity contribution in [3.63, 3.8) is 0 Å². The molecule has 3 aromatic rings. The Morgan fingerprint density at radius 3 is 2.71 bits per heavy atom. The minimum Gasteiger partial charge on any atom is -0.507 e. The Balaban J connectivity index is 2.03. The first-order chi connectivity index (χ1) is 10.1. The molecule has 0 spiro atoms. The third-order valence-corrected chi connectivity index (χ3v) is 3.86. The van der Waals surface area contributed by atoms with Gasteiger partial charge in [0.1, 0.15) is 5.75 Å². The molecule has 2 N–H and O–H groups in total. The van der Waals surface area contributed by atoms with Crippen LogP contribution in [-0.2, 0) is 0 Å². The summed E-state index contributed by atoms with van der Waals surface area (Å²) >= 11 is 2.19. The fraction of sp³-hybridized carbons (Fsp3) is 0. The van der Waals surface area contributed by atoms with Crippen molar-refractivity contribution >= 4 is 45.6 Å². The zero-order valence-corrected chi connectivity index (χ0v) is 13.2. The van der Waals surface area contributed by atoms with E-state index in [1.165, 1.54) is 0 Å². The van der Waals surface area contributed by atoms with Crippen LogP contribution in [0.3, 0.4) is 0 Å². The molecule has 3 rings (SSSR count). The smallest absolute Gasteiger partial charge is 0.189 e. The van der Waals surface area contributed by atoms with Crippen LogP contribution in [0.25, 0.3) is 23.1 Å². The molecule has 0 bridgehead atoms. The van der Waals surface area contributed by atoms with Gasteiger partial charge in [-0.25, -0.2) is 0 Å². The minimum absolute atomic E-state index is 0.0177. The fourth-order valence-corrected chi connectivity index (χ4v) is 2.66. The van der Waals surface area contributed by atoms with Gasteiger partial charge in [0.15, 0.2) is 5.43 Å². The van der Waals surface area contributed by atoms with Crippen molar-refractivity contribution in [1.29, 1.82) is 0 Å². The van der Waals surface area contributed by atoms with Gasteiger partial charge in [-0.1, -0.05) is 12.1 Å². The first-order valence-corrected chi connectivity index (χ1v) is 7.50. The Labute approximate surface area is 135 Å². The Kier molecular flexibility index (Phi) is 3.79. The molecule has 0 atom stereocenters. The molecule has 0 saturated heterocycles. The molecule has 0 aliphatic rings. The topological polar surface area (TPSA) is 53.1 Å². The second-order valence-electron chi connectivity index (χ2n) is 4.67. The summed E-state index contributed by atoms with van der Waals surface area (Å²) in [5.41, 5.74) is 2.21. The van der Waals surface area contributed by atoms with E-state index in [0.29, 0.717) is 11.1 Å². The number of fused-ring (bicyclic) bond motifs is 1. The van der Waals surface area contributed by atoms with Crippen molar-refractivity contribution in [2.45, 2.75) is 0 Å². The Hall–Kier alpha value is -2.08. The van der Waals surface area contributed by atoms with Gasteiger partial charge >= 0.3 is 0 Å². The van der Waals surface area contributed by atoms with Gasteiger partial charge in [-0.15, -0.1) is 0 Å². The van der Waals surface area contributed by atoms with Gasteiger partial charge in [-0.3, -0.25) is 4.79 Å². The molecule has 0 amide bonds. The maximum Gasteiger partial charge on any atom is 0.189 e. The predicted molar refractivity (Wildman–Crippen MR) is 94.3 cm³/mol. The highest BCUT2D eigenvalue weighted by Gasteiger charge is 2.01. The number of pyridine rings is 1. The largest absolute Gasteiger partial charge is 0.507 e. The molecule has 2 aromatic carbocycles. The lowest BCUT2D eigenvalue weighted by Gasteiger charge is -2.01. The molecule has 0 aliphatic heterocycles. The van der Waals surface area contributed by atoms with Crippen molar-refractivity contribution in [1.82, 2.24) is 4.98 Å². The van der Waals surface area contributed by atoms with Gasteiger partial charge in [0.25, 0.3) is 0 Å². The number of hydrogen-bond donors (Lipinski definition) is 2. The van der Waals surface area contributed by atoms with Crippen molar-refractivity contribution in [2.24, 2.45) is 0 Å². The Morgan fingerprint density at radius 1 is 1.05 bits per heavy atom. The summed E-state index contributed by atoms with van der Waals surface area (Å²) in [6.07, 6.45) is 3.58. The summed E-state index contributed by atoms with van der Waals surface area (Å²) in [4.78, 5) is 15.2. The maximum atomic E-state index is 12.0. The van der Waals surface area contributed by atoms with Crippen LogP contribution in [0.15, 0.2) is 53.3 Å². The van der Waals surface area contributed by atoms with E-state index in [2.05, 4.69) is 27.6 Å². The number of aromatic amines is 1. The lowest BCUT2D eigenvalue weighted by molar-refractivity contribution is 0.474. The molecule has 3 nitrogen and oxygen atoms in total. The van der Waals surface area contributed by atoms with Crippen LogP contribution >= 0.6 is 22.6 Å². The van der Waals surface area contributed by atoms with Gasteiger partial charge in [-0.05, 0) is 65.1 Å². The number of para-hydroxylation sites is 1. The van der Waals surface area contributed by atoms with Crippen LogP contribution in [0.5, 0.6) is 5.75 Å². The van der Waals surface area contributed by atoms with E-state index in [4.69, 9.17) is 0 Å². The zero-order valence-electron chi connectivity index (χ0n) is 11.0. The molecule has 0 radical (unpaired) electrons. The van der Waals surface area contributed by atoms with Crippen molar-refractivity contribution in [3.05, 3.63) is 73.6 Å². The predicted octanol–water partition coefficient (Wildman–Crippen LogP) is 4.01. The lowest BCUT2D eigenvalue weighted by atomic mass is 10.1. The van der Waals surface area contributed by atoms with E-state index in [0.717, 1.165) is 14.7 Å². The summed E-state index contributed by atoms with van der Waals surface area (Å²) < 4.78 is 1.04. The van der Waals surface area contributed by atoms with E-state index in [1.807, 2.05) is 30.3 Å². The highest BCUT2D eigenvalue weighted by Crippen LogP contribution is 2.21. The Morgan fingerprint density at radius 2 is 1.86 bits per heavy atom. The number of aromatic hydroxyl groups is 1. The number of nitrogens with one attached hydrogen (secondary N) is 1. The number of halogens is 1. The number of rotatable bonds is 2. The van der Waals surface area contributed by atoms with Gasteiger partial charge in [0, 0.05) is 31.8 Å². The number of aromatic nitrogens is 1. The molecule has 0 saturated carbocycles. The summed E-state index contributed by atoms with van der Waals surface area (Å²) in [5.74, 6) is 0.217. The lowest BCUT2D eigenvalue weighted by Crippen LogP contribution is -2.02. The molecule has 1 aromatic heterocycles. The molecule has 4 heteroatoms. The van der Waals surface area contributed by atoms with Crippen LogP contribution in [0, 0.1) is 3.57 Å². The molecule has 1 heterocycles. The minimum atomic E-state index is -0.0177. The molecular formula is C17H12INO2. The summed E-state index contributed by atoms with van der Waals surface area (Å²) in [6.45, 7) is 0. The van der Waals surface area contributed by atoms with E-state index >= 15 is 0 Å². The average Bonchev–Trinajstić information content (AvgIpc) is 2.48. The second-order valence-corrected chi connectivity index (χ2v) is 5.92. The zero-order chi connectivity index (χ0) is 14.8. The number of benzene rings is 2. The van der Waals surface area contributed by atoms with Crippen LogP contribution in [0.4, 0.5) is 0 Å². The first-order valence-electron chi connectivity index (χ1n) is 6.42. The van der Waals surface area contributed by atoms with E-state index in [-0.39, 0.29) is 11.2 Å². The quantitative estimate of drug-likeness (QED) is 0.651. The third kappa shape index (κ3) is 3.00. The maximum absolute atomic E-state index is 12.0. The number of phenolic OH excluding ortho intramolecular Hbond substituents is 1. The van der Waals surface area contributed by atoms with Gasteiger partial charge in [0.2, 0.25) is 0 Å². The normalized spacial score (nSPS) is 11.3. The first kappa shape index (κ1) is 13.9. The van der Waals surface area contributed by atoms with Crippen LogP contribution in [0.1, 0.15) is 11.3 Å². The van der Waals surface area contributed by atoms with E-state index in [9.17, 15) is 9.90 Å². The van der Waals surface area contributed by atoms with Crippen molar-refractivity contribution in [2.75, 3.05) is 0 Å². The molecular weight excluding hydrogens is 377 g/mol. The van der Waals surface area contributed by atoms with Crippen LogP contribution in [0.2, 0.25) is 0 Å². The average molecular weight is 389 g/mol.